The topological polar surface area (TPSA) is 210 Å². The van der Waals surface area contributed by atoms with Crippen LogP contribution >= 0.6 is 0 Å². The van der Waals surface area contributed by atoms with Gasteiger partial charge in [-0.3, -0.25) is 33.7 Å². The highest BCUT2D eigenvalue weighted by atomic mass is 16.8. The van der Waals surface area contributed by atoms with Crippen LogP contribution in [-0.2, 0) is 101 Å². The number of rotatable bonds is 24. The number of imide groups is 1. The summed E-state index contributed by atoms with van der Waals surface area (Å²) >= 11 is 0. The molecule has 0 spiro atoms. The minimum Gasteiger partial charge on any atom is -0.463 e. The van der Waals surface area contributed by atoms with Gasteiger partial charge in [0.25, 0.3) is 11.8 Å². The third kappa shape index (κ3) is 14.4. The van der Waals surface area contributed by atoms with Crippen molar-refractivity contribution in [1.29, 1.82) is 0 Å². The molecule has 2 fully saturated rings. The quantitative estimate of drug-likeness (QED) is 0.0265. The van der Waals surface area contributed by atoms with Crippen LogP contribution in [-0.4, -0.2) is 122 Å². The van der Waals surface area contributed by atoms with E-state index >= 15 is 0 Å². The SMILES string of the molecule is CC(=O)OC[C@H]1O[C@@H](O[C@H]2[C@@H](OC(C)=O)[C@@H](N3C(=O)C(C)=C(C)C3=O)[C@H](OCC(=O)NC(c3ccccc3)(c3ccccc3)c3ccccc3)O[C@@H]2COCc2ccccc2)[C@H](OC(C)=O)[C@@H](OCc2ccccc2)[C@@H]1OCc1ccccc1. The maximum absolute atomic E-state index is 15.0. The molecule has 0 aromatic heterocycles. The lowest BCUT2D eigenvalue weighted by Gasteiger charge is -2.50. The standard InChI is InChI=1S/C66H68N2O16/c1-42-43(2)63(74)68(62(42)73)56-59(80-45(4)70)58(84-65-61(81-46(5)71)60(78-38-49-28-16-8-17-29-49)57(54(83-65)40-76-44(3)69)77-37-48-26-14-7-15-27-48)53(39-75-36-47-24-12-6-13-25-47)82-64(56)79-41-55(72)67-66(50-30-18-9-19-31-50,51-32-20-10-21-33-51)52-34-22-11-23-35-52/h6-35,53-54,56-61,64-65H,36-41H2,1-5H3,(H,67,72)/t53-,54-,56-,57-,58-,59+,60+,61-,64-,65+/m1/s1. The third-order valence-electron chi connectivity index (χ3n) is 14.8. The number of carbonyl (C=O) groups excluding carboxylic acids is 6. The van der Waals surface area contributed by atoms with E-state index in [0.29, 0.717) is 0 Å². The number of benzene rings is 6. The zero-order chi connectivity index (χ0) is 59.2. The first kappa shape index (κ1) is 60.4. The van der Waals surface area contributed by atoms with E-state index in [1.165, 1.54) is 27.7 Å². The van der Waals surface area contributed by atoms with Crippen molar-refractivity contribution in [3.8, 4) is 0 Å². The number of hydrogen-bond donors (Lipinski definition) is 1. The van der Waals surface area contributed by atoms with E-state index in [4.69, 9.17) is 47.4 Å². The average molecular weight is 1150 g/mol. The number of carbonyl (C=O) groups is 6. The zero-order valence-corrected chi connectivity index (χ0v) is 47.3. The number of amides is 3. The summed E-state index contributed by atoms with van der Waals surface area (Å²) in [5.74, 6) is -4.42. The Morgan fingerprint density at radius 2 is 0.893 bits per heavy atom. The Labute approximate surface area is 487 Å². The van der Waals surface area contributed by atoms with Crippen LogP contribution in [0.5, 0.6) is 0 Å². The summed E-state index contributed by atoms with van der Waals surface area (Å²) in [5.41, 5.74) is 3.42. The Hall–Kier alpha value is -8.20. The molecule has 3 heterocycles. The molecule has 2 saturated heterocycles. The minimum atomic E-state index is -1.72. The normalized spacial score (nSPS) is 23.4. The summed E-state index contributed by atoms with van der Waals surface area (Å²) in [6.07, 6.45) is -13.0. The van der Waals surface area contributed by atoms with E-state index in [9.17, 15) is 28.8 Å². The minimum absolute atomic E-state index is 0.0250. The van der Waals surface area contributed by atoms with Crippen LogP contribution in [0.15, 0.2) is 193 Å². The molecule has 10 atom stereocenters. The Morgan fingerprint density at radius 1 is 0.476 bits per heavy atom. The van der Waals surface area contributed by atoms with Gasteiger partial charge in [-0.15, -0.1) is 0 Å². The van der Waals surface area contributed by atoms with Crippen LogP contribution in [0.4, 0.5) is 0 Å². The van der Waals surface area contributed by atoms with E-state index in [1.54, 1.807) is 0 Å². The highest BCUT2D eigenvalue weighted by molar-refractivity contribution is 6.19. The molecule has 18 heteroatoms. The zero-order valence-electron chi connectivity index (χ0n) is 47.3. The van der Waals surface area contributed by atoms with Crippen molar-refractivity contribution in [2.45, 2.75) is 121 Å². The Kier molecular flexibility index (Phi) is 20.4. The van der Waals surface area contributed by atoms with Crippen molar-refractivity contribution in [2.75, 3.05) is 19.8 Å². The van der Waals surface area contributed by atoms with Crippen LogP contribution in [0.3, 0.4) is 0 Å². The molecule has 84 heavy (non-hydrogen) atoms. The molecule has 438 valence electrons. The predicted molar refractivity (Wildman–Crippen MR) is 303 cm³/mol. The first-order valence-electron chi connectivity index (χ1n) is 27.7. The van der Waals surface area contributed by atoms with Gasteiger partial charge in [0.15, 0.2) is 24.8 Å². The van der Waals surface area contributed by atoms with Crippen molar-refractivity contribution in [3.05, 3.63) is 227 Å². The van der Waals surface area contributed by atoms with Gasteiger partial charge in [-0.1, -0.05) is 182 Å². The van der Waals surface area contributed by atoms with Gasteiger partial charge in [-0.2, -0.15) is 0 Å². The molecule has 18 nitrogen and oxygen atoms in total. The summed E-state index contributed by atoms with van der Waals surface area (Å²) in [4.78, 5) is 84.7. The predicted octanol–water partition coefficient (Wildman–Crippen LogP) is 7.83. The van der Waals surface area contributed by atoms with Gasteiger partial charge in [0.1, 0.15) is 55.3 Å². The maximum Gasteiger partial charge on any atom is 0.303 e. The molecule has 0 radical (unpaired) electrons. The van der Waals surface area contributed by atoms with E-state index in [2.05, 4.69) is 5.32 Å². The van der Waals surface area contributed by atoms with Gasteiger partial charge in [0.2, 0.25) is 5.91 Å². The Morgan fingerprint density at radius 3 is 1.36 bits per heavy atom. The summed E-state index contributed by atoms with van der Waals surface area (Å²) in [5, 5.41) is 3.27. The van der Waals surface area contributed by atoms with Gasteiger partial charge in [-0.25, -0.2) is 0 Å². The number of hydrogen-bond acceptors (Lipinski definition) is 16. The van der Waals surface area contributed by atoms with Gasteiger partial charge in [-0.05, 0) is 47.2 Å². The molecule has 3 aliphatic heterocycles. The monoisotopic (exact) mass is 1140 g/mol. The van der Waals surface area contributed by atoms with Gasteiger partial charge >= 0.3 is 17.9 Å². The van der Waals surface area contributed by atoms with Crippen LogP contribution in [0.1, 0.15) is 68.0 Å². The van der Waals surface area contributed by atoms with Crippen molar-refractivity contribution < 1.29 is 76.1 Å². The fourth-order valence-corrected chi connectivity index (χ4v) is 10.7. The van der Waals surface area contributed by atoms with Crippen LogP contribution in [0.25, 0.3) is 0 Å². The molecule has 6 aromatic rings. The first-order chi connectivity index (χ1) is 40.7. The van der Waals surface area contributed by atoms with Crippen molar-refractivity contribution >= 4 is 35.6 Å². The fourth-order valence-electron chi connectivity index (χ4n) is 10.7. The number of nitrogens with zero attached hydrogens (tertiary/aromatic N) is 1. The molecular formula is C66H68N2O16. The molecule has 0 saturated carbocycles. The Bertz CT molecular complexity index is 3090. The van der Waals surface area contributed by atoms with E-state index in [-0.39, 0.29) is 37.6 Å². The Balaban J connectivity index is 1.12. The average Bonchev–Trinajstić information content (AvgIpc) is 3.43. The summed E-state index contributed by atoms with van der Waals surface area (Å²) < 4.78 is 64.9. The molecule has 3 amide bonds. The molecule has 0 aliphatic carbocycles. The maximum atomic E-state index is 15.0. The lowest BCUT2D eigenvalue weighted by Crippen LogP contribution is -2.70. The van der Waals surface area contributed by atoms with Crippen molar-refractivity contribution in [3.63, 3.8) is 0 Å². The number of ether oxygens (including phenoxy) is 10. The molecule has 1 N–H and O–H groups in total. The lowest BCUT2D eigenvalue weighted by molar-refractivity contribution is -0.359. The van der Waals surface area contributed by atoms with Crippen LogP contribution < -0.4 is 5.32 Å². The van der Waals surface area contributed by atoms with Crippen molar-refractivity contribution in [2.24, 2.45) is 0 Å². The second-order valence-corrected chi connectivity index (χ2v) is 20.6. The summed E-state index contributed by atoms with van der Waals surface area (Å²) in [7, 11) is 0. The second kappa shape index (κ2) is 28.4. The van der Waals surface area contributed by atoms with Gasteiger partial charge in [0, 0.05) is 31.9 Å². The summed E-state index contributed by atoms with van der Waals surface area (Å²) in [6, 6.07) is 54.4. The van der Waals surface area contributed by atoms with Gasteiger partial charge in [0.05, 0.1) is 26.4 Å². The number of nitrogens with one attached hydrogen (secondary N) is 1. The molecular weight excluding hydrogens is 1080 g/mol. The van der Waals surface area contributed by atoms with Crippen LogP contribution in [0, 0.1) is 0 Å². The molecule has 0 unspecified atom stereocenters. The first-order valence-corrected chi connectivity index (χ1v) is 27.7. The van der Waals surface area contributed by atoms with Gasteiger partial charge < -0.3 is 52.7 Å². The van der Waals surface area contributed by atoms with E-state index in [1.807, 2.05) is 182 Å². The lowest BCUT2D eigenvalue weighted by atomic mass is 9.77. The van der Waals surface area contributed by atoms with Crippen LogP contribution in [0.2, 0.25) is 0 Å². The highest BCUT2D eigenvalue weighted by Gasteiger charge is 2.59. The summed E-state index contributed by atoms with van der Waals surface area (Å²) in [6.45, 7) is 5.15. The van der Waals surface area contributed by atoms with E-state index in [0.717, 1.165) is 45.2 Å². The highest BCUT2D eigenvalue weighted by Crippen LogP contribution is 2.40. The third-order valence-corrected chi connectivity index (χ3v) is 14.8. The largest absolute Gasteiger partial charge is 0.463 e. The fraction of sp³-hybridized carbons (Fsp3) is 0.333. The smallest absolute Gasteiger partial charge is 0.303 e. The molecule has 9 rings (SSSR count). The second-order valence-electron chi connectivity index (χ2n) is 20.6. The van der Waals surface area contributed by atoms with E-state index < -0.39 is 116 Å². The molecule has 0 bridgehead atoms. The molecule has 3 aliphatic rings. The number of esters is 3. The molecule has 6 aromatic carbocycles. The van der Waals surface area contributed by atoms with Crippen molar-refractivity contribution in [1.82, 2.24) is 10.2 Å².